The maximum atomic E-state index is 12.6. The summed E-state index contributed by atoms with van der Waals surface area (Å²) >= 11 is 0. The van der Waals surface area contributed by atoms with Crippen LogP contribution in [0.2, 0.25) is 0 Å². The third kappa shape index (κ3) is 3.01. The summed E-state index contributed by atoms with van der Waals surface area (Å²) in [5.41, 5.74) is -0.664. The molecule has 1 atom stereocenters. The second-order valence-electron chi connectivity index (χ2n) is 5.36. The first-order chi connectivity index (χ1) is 9.37. The van der Waals surface area contributed by atoms with Gasteiger partial charge in [-0.1, -0.05) is 12.1 Å². The standard InChI is InChI=1S/C14H18N2O3S/c1-14(17)7-4-9-16(10-8-14)20(18,19)13-6-3-2-5-12(13)11-15/h2-3,5-6,17H,4,7-10H2,1H3. The van der Waals surface area contributed by atoms with Gasteiger partial charge in [-0.05, 0) is 38.3 Å². The number of rotatable bonds is 2. The number of sulfonamides is 1. The Morgan fingerprint density at radius 2 is 2.00 bits per heavy atom. The summed E-state index contributed by atoms with van der Waals surface area (Å²) in [5.74, 6) is 0. The normalized spacial score (nSPS) is 24.9. The molecule has 0 spiro atoms. The van der Waals surface area contributed by atoms with Gasteiger partial charge in [0.1, 0.15) is 6.07 Å². The Labute approximate surface area is 119 Å². The van der Waals surface area contributed by atoms with Gasteiger partial charge in [-0.25, -0.2) is 8.42 Å². The van der Waals surface area contributed by atoms with Crippen LogP contribution in [0.5, 0.6) is 0 Å². The molecule has 1 aromatic rings. The van der Waals surface area contributed by atoms with Crippen molar-refractivity contribution >= 4 is 10.0 Å². The quantitative estimate of drug-likeness (QED) is 0.896. The highest BCUT2D eigenvalue weighted by Crippen LogP contribution is 2.26. The Bertz CT molecular complexity index is 632. The van der Waals surface area contributed by atoms with E-state index in [-0.39, 0.29) is 17.0 Å². The molecule has 1 aliphatic heterocycles. The van der Waals surface area contributed by atoms with Gasteiger partial charge in [-0.2, -0.15) is 9.57 Å². The molecule has 0 bridgehead atoms. The molecule has 0 amide bonds. The predicted octanol–water partition coefficient (Wildman–Crippen LogP) is 1.48. The van der Waals surface area contributed by atoms with Crippen molar-refractivity contribution < 1.29 is 13.5 Å². The number of benzene rings is 1. The fourth-order valence-electron chi connectivity index (χ4n) is 2.40. The molecule has 0 radical (unpaired) electrons. The van der Waals surface area contributed by atoms with Crippen LogP contribution in [-0.4, -0.2) is 36.5 Å². The largest absolute Gasteiger partial charge is 0.390 e. The van der Waals surface area contributed by atoms with Gasteiger partial charge >= 0.3 is 0 Å². The first-order valence-corrected chi connectivity index (χ1v) is 8.02. The third-order valence-corrected chi connectivity index (χ3v) is 5.60. The van der Waals surface area contributed by atoms with Crippen LogP contribution in [0.1, 0.15) is 31.7 Å². The molecule has 0 aliphatic carbocycles. The fourth-order valence-corrected chi connectivity index (χ4v) is 4.02. The summed E-state index contributed by atoms with van der Waals surface area (Å²) in [6.45, 7) is 2.37. The van der Waals surface area contributed by atoms with E-state index in [0.717, 1.165) is 0 Å². The molecule has 1 aromatic carbocycles. The van der Waals surface area contributed by atoms with Crippen molar-refractivity contribution in [3.05, 3.63) is 29.8 Å². The minimum absolute atomic E-state index is 0.0454. The average molecular weight is 294 g/mol. The van der Waals surface area contributed by atoms with Gasteiger partial charge in [0, 0.05) is 13.1 Å². The lowest BCUT2D eigenvalue weighted by molar-refractivity contribution is 0.0465. The summed E-state index contributed by atoms with van der Waals surface area (Å²) in [7, 11) is -3.68. The van der Waals surface area contributed by atoms with Crippen LogP contribution in [0.15, 0.2) is 29.2 Å². The van der Waals surface area contributed by atoms with Crippen LogP contribution in [0.3, 0.4) is 0 Å². The molecule has 1 N–H and O–H groups in total. The van der Waals surface area contributed by atoms with E-state index in [1.54, 1.807) is 19.1 Å². The van der Waals surface area contributed by atoms with E-state index in [2.05, 4.69) is 0 Å². The SMILES string of the molecule is CC1(O)CCCN(S(=O)(=O)c2ccccc2C#N)CC1. The summed E-state index contributed by atoms with van der Waals surface area (Å²) in [5, 5.41) is 19.1. The van der Waals surface area contributed by atoms with E-state index >= 15 is 0 Å². The van der Waals surface area contributed by atoms with Crippen LogP contribution in [-0.2, 0) is 10.0 Å². The molecule has 1 heterocycles. The number of nitriles is 1. The molecular formula is C14H18N2O3S. The number of nitrogens with zero attached hydrogens (tertiary/aromatic N) is 2. The van der Waals surface area contributed by atoms with Gasteiger partial charge in [-0.3, -0.25) is 0 Å². The highest BCUT2D eigenvalue weighted by molar-refractivity contribution is 7.89. The average Bonchev–Trinajstić information content (AvgIpc) is 2.60. The lowest BCUT2D eigenvalue weighted by Crippen LogP contribution is -2.34. The van der Waals surface area contributed by atoms with Crippen LogP contribution in [0.4, 0.5) is 0 Å². The van der Waals surface area contributed by atoms with Crippen molar-refractivity contribution in [2.45, 2.75) is 36.7 Å². The smallest absolute Gasteiger partial charge is 0.244 e. The Morgan fingerprint density at radius 1 is 1.30 bits per heavy atom. The van der Waals surface area contributed by atoms with E-state index < -0.39 is 15.6 Å². The molecular weight excluding hydrogens is 276 g/mol. The first-order valence-electron chi connectivity index (χ1n) is 6.58. The highest BCUT2D eigenvalue weighted by Gasteiger charge is 2.32. The fraction of sp³-hybridized carbons (Fsp3) is 0.500. The van der Waals surface area contributed by atoms with Crippen LogP contribution < -0.4 is 0 Å². The molecule has 2 rings (SSSR count). The van der Waals surface area contributed by atoms with Gasteiger partial charge in [0.05, 0.1) is 16.1 Å². The summed E-state index contributed by atoms with van der Waals surface area (Å²) in [6.07, 6.45) is 1.60. The molecule has 0 aromatic heterocycles. The van der Waals surface area contributed by atoms with Gasteiger partial charge in [0.2, 0.25) is 10.0 Å². The first kappa shape index (κ1) is 15.0. The lowest BCUT2D eigenvalue weighted by atomic mass is 9.98. The third-order valence-electron chi connectivity index (χ3n) is 3.65. The second kappa shape index (κ2) is 5.52. The van der Waals surface area contributed by atoms with Crippen molar-refractivity contribution in [3.63, 3.8) is 0 Å². The molecule has 108 valence electrons. The second-order valence-corrected chi connectivity index (χ2v) is 7.27. The highest BCUT2D eigenvalue weighted by atomic mass is 32.2. The molecule has 6 heteroatoms. The van der Waals surface area contributed by atoms with Crippen LogP contribution in [0, 0.1) is 11.3 Å². The molecule has 1 fully saturated rings. The van der Waals surface area contributed by atoms with Crippen molar-refractivity contribution in [1.29, 1.82) is 5.26 Å². The zero-order valence-electron chi connectivity index (χ0n) is 11.4. The molecule has 1 aliphatic rings. The number of hydrogen-bond donors (Lipinski definition) is 1. The zero-order valence-corrected chi connectivity index (χ0v) is 12.2. The molecule has 1 saturated heterocycles. The summed E-state index contributed by atoms with van der Waals surface area (Å²) < 4.78 is 26.6. The van der Waals surface area contributed by atoms with E-state index in [4.69, 9.17) is 5.26 Å². The maximum absolute atomic E-state index is 12.6. The monoisotopic (exact) mass is 294 g/mol. The van der Waals surface area contributed by atoms with Gasteiger partial charge in [0.25, 0.3) is 0 Å². The van der Waals surface area contributed by atoms with Crippen molar-refractivity contribution in [1.82, 2.24) is 4.31 Å². The van der Waals surface area contributed by atoms with E-state index in [1.807, 2.05) is 6.07 Å². The molecule has 5 nitrogen and oxygen atoms in total. The number of aliphatic hydroxyl groups is 1. The van der Waals surface area contributed by atoms with Crippen LogP contribution >= 0.6 is 0 Å². The van der Waals surface area contributed by atoms with Gasteiger partial charge in [0.15, 0.2) is 0 Å². The van der Waals surface area contributed by atoms with E-state index in [0.29, 0.717) is 25.8 Å². The molecule has 1 unspecified atom stereocenters. The Balaban J connectivity index is 2.34. The van der Waals surface area contributed by atoms with E-state index in [1.165, 1.54) is 16.4 Å². The topological polar surface area (TPSA) is 81.4 Å². The van der Waals surface area contributed by atoms with Gasteiger partial charge in [-0.15, -0.1) is 0 Å². The van der Waals surface area contributed by atoms with Crippen molar-refractivity contribution in [2.75, 3.05) is 13.1 Å². The van der Waals surface area contributed by atoms with E-state index in [9.17, 15) is 13.5 Å². The lowest BCUT2D eigenvalue weighted by Gasteiger charge is -2.22. The minimum Gasteiger partial charge on any atom is -0.390 e. The van der Waals surface area contributed by atoms with Crippen LogP contribution in [0.25, 0.3) is 0 Å². The zero-order chi connectivity index (χ0) is 14.8. The predicted molar refractivity (Wildman–Crippen MR) is 74.4 cm³/mol. The molecule has 20 heavy (non-hydrogen) atoms. The Kier molecular flexibility index (Phi) is 4.14. The maximum Gasteiger partial charge on any atom is 0.244 e. The van der Waals surface area contributed by atoms with Crippen molar-refractivity contribution in [3.8, 4) is 6.07 Å². The Hall–Kier alpha value is -1.42. The Morgan fingerprint density at radius 3 is 2.70 bits per heavy atom. The number of hydrogen-bond acceptors (Lipinski definition) is 4. The molecule has 0 saturated carbocycles. The minimum atomic E-state index is -3.68. The summed E-state index contributed by atoms with van der Waals surface area (Å²) in [6, 6.07) is 8.13. The summed E-state index contributed by atoms with van der Waals surface area (Å²) in [4.78, 5) is 0.0454. The van der Waals surface area contributed by atoms with Crippen molar-refractivity contribution in [2.24, 2.45) is 0 Å². The van der Waals surface area contributed by atoms with Gasteiger partial charge < -0.3 is 5.11 Å².